The molecule has 2 atom stereocenters. The van der Waals surface area contributed by atoms with Crippen LogP contribution in [0, 0.1) is 13.8 Å². The average molecular weight is 661 g/mol. The van der Waals surface area contributed by atoms with Crippen molar-refractivity contribution in [2.45, 2.75) is 88.5 Å². The van der Waals surface area contributed by atoms with Crippen molar-refractivity contribution in [2.24, 2.45) is 0 Å². The highest BCUT2D eigenvalue weighted by molar-refractivity contribution is 8.76. The van der Waals surface area contributed by atoms with Gasteiger partial charge in [0, 0.05) is 11.5 Å². The normalized spacial score (nSPS) is 14.2. The van der Waals surface area contributed by atoms with E-state index in [0.717, 1.165) is 32.7 Å². The molecule has 234 valence electrons. The zero-order valence-corrected chi connectivity index (χ0v) is 28.4. The fourth-order valence-corrected chi connectivity index (χ4v) is 8.10. The van der Waals surface area contributed by atoms with Crippen LogP contribution in [0.25, 0.3) is 0 Å². The predicted molar refractivity (Wildman–Crippen MR) is 167 cm³/mol. The number of nitrogens with one attached hydrogen (secondary N) is 2. The molecule has 0 aromatic heterocycles. The molecule has 2 aromatic carbocycles. The Bertz CT molecular complexity index is 1320. The molecule has 42 heavy (non-hydrogen) atoms. The van der Waals surface area contributed by atoms with Crippen molar-refractivity contribution in [3.8, 4) is 0 Å². The summed E-state index contributed by atoms with van der Waals surface area (Å²) in [6.07, 6.45) is 0. The first-order valence-corrected chi connectivity index (χ1v) is 18.5. The third kappa shape index (κ3) is 12.3. The van der Waals surface area contributed by atoms with Gasteiger partial charge in [0.05, 0.1) is 9.79 Å². The van der Waals surface area contributed by atoms with Crippen molar-refractivity contribution in [1.82, 2.24) is 9.44 Å². The maximum atomic E-state index is 13.0. The lowest BCUT2D eigenvalue weighted by atomic mass is 10.2. The number of sulfonamides is 2. The van der Waals surface area contributed by atoms with Gasteiger partial charge in [0.25, 0.3) is 0 Å². The van der Waals surface area contributed by atoms with E-state index in [1.54, 1.807) is 65.8 Å². The van der Waals surface area contributed by atoms with E-state index in [0.29, 0.717) is 0 Å². The number of carbonyl (C=O) groups is 2. The highest BCUT2D eigenvalue weighted by Crippen LogP contribution is 2.26. The molecule has 0 spiro atoms. The molecule has 0 amide bonds. The maximum Gasteiger partial charge on any atom is 0.325 e. The van der Waals surface area contributed by atoms with E-state index in [2.05, 4.69) is 9.44 Å². The van der Waals surface area contributed by atoms with Gasteiger partial charge in [-0.15, -0.1) is 0 Å². The molecular weight excluding hydrogens is 621 g/mol. The molecule has 0 aliphatic heterocycles. The molecule has 2 rings (SSSR count). The van der Waals surface area contributed by atoms with Gasteiger partial charge in [0.1, 0.15) is 23.3 Å². The Morgan fingerprint density at radius 3 is 1.19 bits per heavy atom. The Balaban J connectivity index is 2.19. The second kappa shape index (κ2) is 14.6. The number of benzene rings is 2. The number of hydrogen-bond acceptors (Lipinski definition) is 10. The van der Waals surface area contributed by atoms with Crippen LogP contribution in [0.3, 0.4) is 0 Å². The van der Waals surface area contributed by atoms with Crippen LogP contribution < -0.4 is 9.44 Å². The Morgan fingerprint density at radius 2 is 0.929 bits per heavy atom. The number of ether oxygens (including phenoxy) is 2. The Hall–Kier alpha value is -2.10. The van der Waals surface area contributed by atoms with Gasteiger partial charge < -0.3 is 9.47 Å². The lowest BCUT2D eigenvalue weighted by Crippen LogP contribution is -2.46. The van der Waals surface area contributed by atoms with E-state index in [1.807, 2.05) is 13.8 Å². The lowest BCUT2D eigenvalue weighted by molar-refractivity contribution is -0.157. The summed E-state index contributed by atoms with van der Waals surface area (Å²) in [5.74, 6) is -1.66. The topological polar surface area (TPSA) is 145 Å². The van der Waals surface area contributed by atoms with E-state index in [1.165, 1.54) is 24.3 Å². The lowest BCUT2D eigenvalue weighted by Gasteiger charge is -2.25. The van der Waals surface area contributed by atoms with Crippen LogP contribution in [0.4, 0.5) is 0 Å². The monoisotopic (exact) mass is 660 g/mol. The molecule has 0 aliphatic carbocycles. The minimum Gasteiger partial charge on any atom is -0.459 e. The first kappa shape index (κ1) is 36.1. The van der Waals surface area contributed by atoms with Crippen LogP contribution in [-0.2, 0) is 39.1 Å². The van der Waals surface area contributed by atoms with Gasteiger partial charge >= 0.3 is 11.9 Å². The highest BCUT2D eigenvalue weighted by Gasteiger charge is 2.32. The van der Waals surface area contributed by atoms with E-state index in [4.69, 9.17) is 9.47 Å². The van der Waals surface area contributed by atoms with Gasteiger partial charge in [0.15, 0.2) is 0 Å². The third-order valence-electron chi connectivity index (χ3n) is 5.19. The first-order chi connectivity index (χ1) is 19.2. The molecule has 2 aromatic rings. The van der Waals surface area contributed by atoms with Crippen LogP contribution >= 0.6 is 21.6 Å². The highest BCUT2D eigenvalue weighted by atomic mass is 33.1. The molecule has 14 heteroatoms. The van der Waals surface area contributed by atoms with Gasteiger partial charge in [-0.05, 0) is 79.7 Å². The molecule has 2 N–H and O–H groups in total. The van der Waals surface area contributed by atoms with Crippen LogP contribution in [0.5, 0.6) is 0 Å². The van der Waals surface area contributed by atoms with Crippen molar-refractivity contribution in [3.05, 3.63) is 59.7 Å². The molecule has 0 bridgehead atoms. The van der Waals surface area contributed by atoms with Crippen LogP contribution in [0.2, 0.25) is 0 Å². The summed E-state index contributed by atoms with van der Waals surface area (Å²) in [5.41, 5.74) is 0.0288. The number of hydrogen-bond donors (Lipinski definition) is 2. The quantitative estimate of drug-likeness (QED) is 0.181. The van der Waals surface area contributed by atoms with Gasteiger partial charge in [-0.2, -0.15) is 9.44 Å². The minimum atomic E-state index is -4.06. The number of carbonyl (C=O) groups excluding carboxylic acids is 2. The third-order valence-corrected chi connectivity index (χ3v) is 10.6. The summed E-state index contributed by atoms with van der Waals surface area (Å²) in [5, 5.41) is 0. The zero-order valence-electron chi connectivity index (χ0n) is 25.1. The molecule has 0 saturated carbocycles. The van der Waals surface area contributed by atoms with Crippen molar-refractivity contribution < 1.29 is 35.9 Å². The van der Waals surface area contributed by atoms with E-state index >= 15 is 0 Å². The van der Waals surface area contributed by atoms with Gasteiger partial charge in [-0.1, -0.05) is 57.0 Å². The van der Waals surface area contributed by atoms with Crippen LogP contribution in [0.15, 0.2) is 58.3 Å². The molecule has 10 nitrogen and oxygen atoms in total. The van der Waals surface area contributed by atoms with Crippen LogP contribution in [-0.4, -0.2) is 63.6 Å². The maximum absolute atomic E-state index is 13.0. The summed E-state index contributed by atoms with van der Waals surface area (Å²) in [7, 11) is -5.95. The van der Waals surface area contributed by atoms with Crippen molar-refractivity contribution in [1.29, 1.82) is 0 Å². The SMILES string of the molecule is Cc1ccc(S(=O)(=O)NC(CSSCC(NS(=O)(=O)c2ccc(C)cc2)C(=O)OC(C)(C)C)C(=O)OC(C)(C)C)cc1. The Morgan fingerprint density at radius 1 is 0.643 bits per heavy atom. The molecule has 0 saturated heterocycles. The standard InChI is InChI=1S/C28H40N2O8S4/c1-19-9-13-21(14-10-19)41(33,34)29-23(25(31)37-27(3,4)5)17-39-40-18-24(26(32)38-28(6,7)8)30-42(35,36)22-15-11-20(2)12-16-22/h9-16,23-24,29-30H,17-18H2,1-8H3. The fraction of sp³-hybridized carbons (Fsp3) is 0.500. The fourth-order valence-electron chi connectivity index (χ4n) is 3.22. The number of aryl methyl sites for hydroxylation is 2. The van der Waals surface area contributed by atoms with Gasteiger partial charge in [-0.25, -0.2) is 16.8 Å². The second-order valence-corrected chi connectivity index (χ2v) is 17.6. The molecule has 0 radical (unpaired) electrons. The van der Waals surface area contributed by atoms with Gasteiger partial charge in [-0.3, -0.25) is 9.59 Å². The summed E-state index contributed by atoms with van der Waals surface area (Å²) in [6.45, 7) is 13.7. The first-order valence-electron chi connectivity index (χ1n) is 13.1. The molecule has 2 unspecified atom stereocenters. The summed E-state index contributed by atoms with van der Waals surface area (Å²) in [6, 6.07) is 9.86. The Kier molecular flexibility index (Phi) is 12.5. The summed E-state index contributed by atoms with van der Waals surface area (Å²) >= 11 is 0. The minimum absolute atomic E-state index is 0.00480. The van der Waals surface area contributed by atoms with E-state index in [-0.39, 0.29) is 21.3 Å². The molecular formula is C28H40N2O8S4. The summed E-state index contributed by atoms with van der Waals surface area (Å²) in [4.78, 5) is 25.9. The van der Waals surface area contributed by atoms with E-state index in [9.17, 15) is 26.4 Å². The Labute approximate surface area is 257 Å². The summed E-state index contributed by atoms with van der Waals surface area (Å²) < 4.78 is 67.8. The molecule has 0 aliphatic rings. The van der Waals surface area contributed by atoms with Gasteiger partial charge in [0.2, 0.25) is 20.0 Å². The van der Waals surface area contributed by atoms with Crippen LogP contribution in [0.1, 0.15) is 52.7 Å². The smallest absolute Gasteiger partial charge is 0.325 e. The van der Waals surface area contributed by atoms with Crippen molar-refractivity contribution >= 4 is 53.6 Å². The van der Waals surface area contributed by atoms with Crippen molar-refractivity contribution in [2.75, 3.05) is 11.5 Å². The second-order valence-electron chi connectivity index (χ2n) is 11.6. The number of esters is 2. The predicted octanol–water partition coefficient (Wildman–Crippen LogP) is 4.36. The van der Waals surface area contributed by atoms with Crippen molar-refractivity contribution in [3.63, 3.8) is 0 Å². The molecule has 0 fully saturated rings. The van der Waals surface area contributed by atoms with E-state index < -0.39 is 55.3 Å². The molecule has 0 heterocycles. The average Bonchev–Trinajstić information content (AvgIpc) is 2.83. The number of rotatable bonds is 13. The largest absolute Gasteiger partial charge is 0.459 e. The zero-order chi connectivity index (χ0) is 31.9.